The molecule has 2 atom stereocenters. The fourth-order valence-electron chi connectivity index (χ4n) is 4.68. The normalized spacial score (nSPS) is 24.5. The topological polar surface area (TPSA) is 143 Å². The number of anilines is 2. The van der Waals surface area contributed by atoms with Gasteiger partial charge in [-0.15, -0.1) is 0 Å². The molecule has 2 aliphatic heterocycles. The highest BCUT2D eigenvalue weighted by atomic mass is 32.2. The average Bonchev–Trinajstić information content (AvgIpc) is 2.95. The summed E-state index contributed by atoms with van der Waals surface area (Å²) in [5.41, 5.74) is 7.49. The highest BCUT2D eigenvalue weighted by Crippen LogP contribution is 2.48. The van der Waals surface area contributed by atoms with Crippen LogP contribution in [0.15, 0.2) is 47.7 Å². The number of fused-ring (bicyclic) bond motifs is 4. The Balaban J connectivity index is 1.63. The van der Waals surface area contributed by atoms with Crippen LogP contribution >= 0.6 is 0 Å². The van der Waals surface area contributed by atoms with E-state index in [1.807, 2.05) is 12.1 Å². The van der Waals surface area contributed by atoms with Crippen molar-refractivity contribution in [3.63, 3.8) is 0 Å². The van der Waals surface area contributed by atoms with Gasteiger partial charge in [0, 0.05) is 35.5 Å². The van der Waals surface area contributed by atoms with Gasteiger partial charge in [-0.1, -0.05) is 0 Å². The van der Waals surface area contributed by atoms with E-state index in [4.69, 9.17) is 20.7 Å². The number of hydrogen-bond acceptors (Lipinski definition) is 9. The van der Waals surface area contributed by atoms with E-state index in [9.17, 15) is 8.42 Å². The first-order valence-electron chi connectivity index (χ1n) is 10.9. The van der Waals surface area contributed by atoms with Crippen molar-refractivity contribution < 1.29 is 13.2 Å². The molecule has 0 amide bonds. The van der Waals surface area contributed by atoms with Gasteiger partial charge in [0.2, 0.25) is 0 Å². The Hall–Kier alpha value is -3.71. The van der Waals surface area contributed by atoms with Crippen LogP contribution in [0.25, 0.3) is 10.9 Å². The smallest absolute Gasteiger partial charge is 0.168 e. The van der Waals surface area contributed by atoms with Crippen molar-refractivity contribution in [1.29, 1.82) is 5.26 Å². The van der Waals surface area contributed by atoms with E-state index in [1.165, 1.54) is 6.20 Å². The van der Waals surface area contributed by atoms with Crippen LogP contribution in [0.3, 0.4) is 0 Å². The number of hydrogen-bond donors (Lipinski definition) is 2. The number of nitrogens with two attached hydrogens (primary N) is 1. The van der Waals surface area contributed by atoms with Crippen molar-refractivity contribution >= 4 is 38.1 Å². The summed E-state index contributed by atoms with van der Waals surface area (Å²) in [6, 6.07) is 11.1. The van der Waals surface area contributed by atoms with Crippen molar-refractivity contribution in [2.45, 2.75) is 42.7 Å². The number of nitrogens with zero attached hydrogens (tertiary/aromatic N) is 4. The molecule has 3 N–H and O–H groups in total. The highest BCUT2D eigenvalue weighted by Gasteiger charge is 2.57. The van der Waals surface area contributed by atoms with Gasteiger partial charge in [0.1, 0.15) is 33.5 Å². The predicted molar refractivity (Wildman–Crippen MR) is 130 cm³/mol. The summed E-state index contributed by atoms with van der Waals surface area (Å²) in [7, 11) is -3.65. The SMILES string of the molecule is CC1(C)C(N)=N[C@]2(C)c3cc(Nc4nccc5cc(C#N)cnc45)ccc3OCC[C@H]2S1(=O)=O. The fraction of sp³-hybridized carbons (Fsp3) is 0.333. The molecule has 0 saturated heterocycles. The number of nitriles is 1. The Morgan fingerprint density at radius 3 is 2.76 bits per heavy atom. The minimum atomic E-state index is -3.65. The lowest BCUT2D eigenvalue weighted by Crippen LogP contribution is -2.59. The maximum Gasteiger partial charge on any atom is 0.168 e. The monoisotopic (exact) mass is 476 g/mol. The predicted octanol–water partition coefficient (Wildman–Crippen LogP) is 3.18. The Bertz CT molecular complexity index is 1510. The molecule has 0 saturated carbocycles. The minimum absolute atomic E-state index is 0.0886. The van der Waals surface area contributed by atoms with Crippen LogP contribution < -0.4 is 15.8 Å². The van der Waals surface area contributed by atoms with Crippen LogP contribution in [-0.2, 0) is 15.4 Å². The summed E-state index contributed by atoms with van der Waals surface area (Å²) in [5, 5.41) is 12.4. The van der Waals surface area contributed by atoms with Gasteiger partial charge in [-0.05, 0) is 51.1 Å². The molecule has 9 nitrogen and oxygen atoms in total. The Morgan fingerprint density at radius 1 is 1.21 bits per heavy atom. The minimum Gasteiger partial charge on any atom is -0.493 e. The second kappa shape index (κ2) is 7.40. The molecule has 2 aliphatic rings. The maximum absolute atomic E-state index is 13.5. The van der Waals surface area contributed by atoms with Crippen molar-refractivity contribution in [2.24, 2.45) is 10.7 Å². The molecule has 0 aliphatic carbocycles. The third kappa shape index (κ3) is 3.11. The highest BCUT2D eigenvalue weighted by molar-refractivity contribution is 7.94. The van der Waals surface area contributed by atoms with Crippen LogP contribution in [-0.4, -0.2) is 40.8 Å². The lowest BCUT2D eigenvalue weighted by Gasteiger charge is -2.43. The molecule has 0 spiro atoms. The summed E-state index contributed by atoms with van der Waals surface area (Å²) >= 11 is 0. The molecule has 174 valence electrons. The van der Waals surface area contributed by atoms with Crippen molar-refractivity contribution in [3.8, 4) is 11.8 Å². The zero-order valence-electron chi connectivity index (χ0n) is 19.0. The Morgan fingerprint density at radius 2 is 2.00 bits per heavy atom. The number of sulfone groups is 1. The lowest BCUT2D eigenvalue weighted by atomic mass is 9.86. The van der Waals surface area contributed by atoms with Gasteiger partial charge in [0.05, 0.1) is 17.4 Å². The van der Waals surface area contributed by atoms with Gasteiger partial charge >= 0.3 is 0 Å². The number of amidine groups is 1. The summed E-state index contributed by atoms with van der Waals surface area (Å²) < 4.78 is 31.8. The molecule has 0 fully saturated rings. The van der Waals surface area contributed by atoms with Gasteiger partial charge in [-0.2, -0.15) is 5.26 Å². The molecular formula is C24H24N6O3S. The van der Waals surface area contributed by atoms with E-state index in [2.05, 4.69) is 21.4 Å². The summed E-state index contributed by atoms with van der Waals surface area (Å²) in [5.74, 6) is 1.17. The molecule has 0 unspecified atom stereocenters. The molecular weight excluding hydrogens is 452 g/mol. The zero-order valence-corrected chi connectivity index (χ0v) is 19.8. The number of aliphatic imine (C=N–C) groups is 1. The zero-order chi connectivity index (χ0) is 24.3. The molecule has 0 radical (unpaired) electrons. The van der Waals surface area contributed by atoms with E-state index in [1.54, 1.807) is 45.2 Å². The molecule has 1 aromatic carbocycles. The summed E-state index contributed by atoms with van der Waals surface area (Å²) in [4.78, 5) is 13.5. The van der Waals surface area contributed by atoms with Crippen LogP contribution in [0, 0.1) is 11.3 Å². The standard InChI is InChI=1S/C24H24N6O3S/c1-23(2)22(26)30-24(3)17-11-16(4-5-18(17)33-9-7-19(24)34(23,31)32)29-21-20-15(6-8-27-21)10-14(12-25)13-28-20/h4-6,8,10-11,13,19H,7,9H2,1-3H3,(H2,26,30)(H,27,29)/t19-,24-/m1/s1. The summed E-state index contributed by atoms with van der Waals surface area (Å²) in [6.07, 6.45) is 3.45. The van der Waals surface area contributed by atoms with Crippen LogP contribution in [0.4, 0.5) is 11.5 Å². The van der Waals surface area contributed by atoms with Gasteiger partial charge < -0.3 is 15.8 Å². The van der Waals surface area contributed by atoms with Crippen molar-refractivity contribution in [1.82, 2.24) is 9.97 Å². The maximum atomic E-state index is 13.5. The number of pyridine rings is 2. The Kier molecular flexibility index (Phi) is 4.81. The lowest BCUT2D eigenvalue weighted by molar-refractivity contribution is 0.311. The van der Waals surface area contributed by atoms with E-state index in [0.717, 1.165) is 5.39 Å². The quantitative estimate of drug-likeness (QED) is 0.574. The van der Waals surface area contributed by atoms with Gasteiger partial charge in [0.15, 0.2) is 15.7 Å². The molecule has 5 rings (SSSR count). The van der Waals surface area contributed by atoms with E-state index in [0.29, 0.717) is 40.3 Å². The average molecular weight is 477 g/mol. The number of benzene rings is 1. The number of aromatic nitrogens is 2. The molecule has 34 heavy (non-hydrogen) atoms. The molecule has 4 heterocycles. The second-order valence-corrected chi connectivity index (χ2v) is 11.9. The Labute approximate surface area is 197 Å². The molecule has 3 aromatic rings. The van der Waals surface area contributed by atoms with Gasteiger partial charge in [-0.25, -0.2) is 13.4 Å². The fourth-order valence-corrected chi connectivity index (χ4v) is 6.92. The van der Waals surface area contributed by atoms with Gasteiger partial charge in [0.25, 0.3) is 0 Å². The second-order valence-electron chi connectivity index (χ2n) is 9.23. The van der Waals surface area contributed by atoms with Crippen molar-refractivity contribution in [3.05, 3.63) is 53.9 Å². The number of rotatable bonds is 2. The number of ether oxygens (including phenoxy) is 1. The molecule has 2 aromatic heterocycles. The van der Waals surface area contributed by atoms with Gasteiger partial charge in [-0.3, -0.25) is 9.98 Å². The van der Waals surface area contributed by atoms with Crippen molar-refractivity contribution in [2.75, 3.05) is 11.9 Å². The third-order valence-electron chi connectivity index (χ3n) is 6.84. The molecule has 0 bridgehead atoms. The van der Waals surface area contributed by atoms with Crippen LogP contribution in [0.1, 0.15) is 38.3 Å². The van der Waals surface area contributed by atoms with E-state index < -0.39 is 25.4 Å². The first-order valence-corrected chi connectivity index (χ1v) is 12.4. The van der Waals surface area contributed by atoms with Crippen LogP contribution in [0.2, 0.25) is 0 Å². The first-order chi connectivity index (χ1) is 16.1. The largest absolute Gasteiger partial charge is 0.493 e. The van der Waals surface area contributed by atoms with Crippen LogP contribution in [0.5, 0.6) is 5.75 Å². The van der Waals surface area contributed by atoms with E-state index in [-0.39, 0.29) is 12.4 Å². The van der Waals surface area contributed by atoms with E-state index >= 15 is 0 Å². The number of nitrogens with one attached hydrogen (secondary N) is 1. The third-order valence-corrected chi connectivity index (χ3v) is 9.91. The molecule has 10 heteroatoms. The first kappa shape index (κ1) is 22.1. The summed E-state index contributed by atoms with van der Waals surface area (Å²) in [6.45, 7) is 5.27.